The molecule has 0 aliphatic rings. The van der Waals surface area contributed by atoms with Gasteiger partial charge in [-0.05, 0) is 18.1 Å². The fourth-order valence-corrected chi connectivity index (χ4v) is 1.39. The summed E-state index contributed by atoms with van der Waals surface area (Å²) in [5, 5.41) is 2.86. The number of hydrazine groups is 1. The smallest absolute Gasteiger partial charge is 0.239 e. The molecule has 0 bridgehead atoms. The molecule has 1 amide bonds. The molecule has 6 heteroatoms. The van der Waals surface area contributed by atoms with Crippen LogP contribution in [0.25, 0.3) is 0 Å². The lowest BCUT2D eigenvalue weighted by Gasteiger charge is -2.18. The Morgan fingerprint density at radius 2 is 2.22 bits per heavy atom. The van der Waals surface area contributed by atoms with Gasteiger partial charge in [0, 0.05) is 13.6 Å². The maximum absolute atomic E-state index is 11.7. The third-order valence-corrected chi connectivity index (χ3v) is 2.36. The van der Waals surface area contributed by atoms with Gasteiger partial charge in [0.15, 0.2) is 0 Å². The molecule has 4 N–H and O–H groups in total. The predicted octanol–water partition coefficient (Wildman–Crippen LogP) is 0.576. The van der Waals surface area contributed by atoms with Crippen LogP contribution in [-0.2, 0) is 4.79 Å². The van der Waals surface area contributed by atoms with Gasteiger partial charge in [0.2, 0.25) is 5.91 Å². The number of nitrogen functional groups attached to an aromatic ring is 1. The molecule has 1 aromatic heterocycles. The fourth-order valence-electron chi connectivity index (χ4n) is 1.39. The number of carbonyl (C=O) groups is 1. The van der Waals surface area contributed by atoms with Crippen LogP contribution in [0.3, 0.4) is 0 Å². The van der Waals surface area contributed by atoms with Gasteiger partial charge in [-0.1, -0.05) is 19.9 Å². The highest BCUT2D eigenvalue weighted by Crippen LogP contribution is 2.11. The molecule has 0 aliphatic carbocycles. The molecule has 100 valence electrons. The number of rotatable bonds is 6. The van der Waals surface area contributed by atoms with E-state index in [1.165, 1.54) is 0 Å². The minimum absolute atomic E-state index is 0.0147. The Morgan fingerprint density at radius 1 is 1.50 bits per heavy atom. The molecule has 0 aliphatic heterocycles. The van der Waals surface area contributed by atoms with Crippen molar-refractivity contribution in [3.05, 3.63) is 18.2 Å². The lowest BCUT2D eigenvalue weighted by molar-refractivity contribution is -0.119. The summed E-state index contributed by atoms with van der Waals surface area (Å²) in [7, 11) is 1.82. The summed E-state index contributed by atoms with van der Waals surface area (Å²) < 4.78 is 0. The topological polar surface area (TPSA) is 83.3 Å². The Labute approximate surface area is 108 Å². The van der Waals surface area contributed by atoms with Crippen LogP contribution in [0.4, 0.5) is 11.6 Å². The van der Waals surface area contributed by atoms with Gasteiger partial charge in [-0.15, -0.1) is 0 Å². The molecule has 1 aromatic rings. The number of hydrogen-bond donors (Lipinski definition) is 3. The quantitative estimate of drug-likeness (QED) is 0.509. The number of amides is 1. The highest BCUT2D eigenvalue weighted by molar-refractivity contribution is 5.80. The number of pyridine rings is 1. The van der Waals surface area contributed by atoms with Gasteiger partial charge in [0.25, 0.3) is 0 Å². The average Bonchev–Trinajstić information content (AvgIpc) is 2.36. The molecule has 0 fully saturated rings. The molecule has 0 spiro atoms. The van der Waals surface area contributed by atoms with E-state index in [9.17, 15) is 4.79 Å². The normalized spacial score (nSPS) is 10.3. The van der Waals surface area contributed by atoms with E-state index in [2.05, 4.69) is 29.6 Å². The number of nitrogens with zero attached hydrogens (tertiary/aromatic N) is 2. The van der Waals surface area contributed by atoms with Gasteiger partial charge in [0.05, 0.1) is 6.54 Å². The second kappa shape index (κ2) is 6.80. The zero-order chi connectivity index (χ0) is 13.5. The lowest BCUT2D eigenvalue weighted by Crippen LogP contribution is -2.37. The van der Waals surface area contributed by atoms with E-state index in [0.29, 0.717) is 24.1 Å². The Hall–Kier alpha value is -1.82. The number of nitrogens with two attached hydrogens (primary N) is 1. The van der Waals surface area contributed by atoms with E-state index < -0.39 is 0 Å². The Kier molecular flexibility index (Phi) is 5.38. The molecule has 18 heavy (non-hydrogen) atoms. The van der Waals surface area contributed by atoms with Crippen molar-refractivity contribution in [2.24, 2.45) is 11.8 Å². The van der Waals surface area contributed by atoms with Crippen LogP contribution in [0.1, 0.15) is 13.8 Å². The second-order valence-electron chi connectivity index (χ2n) is 4.58. The number of hydrogen-bond acceptors (Lipinski definition) is 5. The molecule has 0 atom stereocenters. The summed E-state index contributed by atoms with van der Waals surface area (Å²) in [5.41, 5.74) is 2.48. The van der Waals surface area contributed by atoms with Crippen molar-refractivity contribution in [1.82, 2.24) is 10.3 Å². The van der Waals surface area contributed by atoms with E-state index in [-0.39, 0.29) is 12.5 Å². The number of nitrogens with one attached hydrogen (secondary N) is 2. The molecule has 0 aromatic carbocycles. The van der Waals surface area contributed by atoms with E-state index in [4.69, 9.17) is 5.84 Å². The van der Waals surface area contributed by atoms with Crippen LogP contribution in [0.2, 0.25) is 0 Å². The summed E-state index contributed by atoms with van der Waals surface area (Å²) >= 11 is 0. The number of carbonyl (C=O) groups excluding carboxylic acids is 1. The van der Waals surface area contributed by atoms with Crippen LogP contribution in [0.15, 0.2) is 18.2 Å². The van der Waals surface area contributed by atoms with Crippen molar-refractivity contribution in [3.8, 4) is 0 Å². The zero-order valence-electron chi connectivity index (χ0n) is 11.1. The summed E-state index contributed by atoms with van der Waals surface area (Å²) in [6.45, 7) is 5.07. The predicted molar refractivity (Wildman–Crippen MR) is 73.2 cm³/mol. The van der Waals surface area contributed by atoms with E-state index in [1.807, 2.05) is 19.2 Å². The summed E-state index contributed by atoms with van der Waals surface area (Å²) in [6.07, 6.45) is 0. The van der Waals surface area contributed by atoms with Gasteiger partial charge in [-0.2, -0.15) is 0 Å². The molecule has 0 saturated heterocycles. The third kappa shape index (κ3) is 4.58. The molecule has 6 nitrogen and oxygen atoms in total. The van der Waals surface area contributed by atoms with Crippen molar-refractivity contribution >= 4 is 17.5 Å². The highest BCUT2D eigenvalue weighted by Gasteiger charge is 2.09. The average molecular weight is 251 g/mol. The van der Waals surface area contributed by atoms with Crippen molar-refractivity contribution in [3.63, 3.8) is 0 Å². The molecular formula is C12H21N5O. The lowest BCUT2D eigenvalue weighted by atomic mass is 10.2. The van der Waals surface area contributed by atoms with Crippen molar-refractivity contribution in [1.29, 1.82) is 0 Å². The summed E-state index contributed by atoms with van der Waals surface area (Å²) in [5.74, 6) is 6.99. The molecular weight excluding hydrogens is 230 g/mol. The largest absolute Gasteiger partial charge is 0.354 e. The first kappa shape index (κ1) is 14.2. The van der Waals surface area contributed by atoms with Gasteiger partial charge in [-0.25, -0.2) is 10.8 Å². The van der Waals surface area contributed by atoms with Gasteiger partial charge < -0.3 is 15.6 Å². The minimum atomic E-state index is -0.0147. The van der Waals surface area contributed by atoms with Crippen LogP contribution >= 0.6 is 0 Å². The van der Waals surface area contributed by atoms with Crippen LogP contribution in [-0.4, -0.2) is 31.0 Å². The third-order valence-electron chi connectivity index (χ3n) is 2.36. The second-order valence-corrected chi connectivity index (χ2v) is 4.58. The van der Waals surface area contributed by atoms with Crippen molar-refractivity contribution in [2.75, 3.05) is 30.5 Å². The number of anilines is 2. The Balaban J connectivity index is 2.53. The van der Waals surface area contributed by atoms with Crippen LogP contribution in [0, 0.1) is 5.92 Å². The summed E-state index contributed by atoms with van der Waals surface area (Å²) in [4.78, 5) is 17.7. The van der Waals surface area contributed by atoms with E-state index >= 15 is 0 Å². The number of aromatic nitrogens is 1. The molecule has 1 rings (SSSR count). The fraction of sp³-hybridized carbons (Fsp3) is 0.500. The van der Waals surface area contributed by atoms with Crippen LogP contribution < -0.4 is 21.5 Å². The van der Waals surface area contributed by atoms with Crippen LogP contribution in [0.5, 0.6) is 0 Å². The van der Waals surface area contributed by atoms with Gasteiger partial charge in [0.1, 0.15) is 11.6 Å². The van der Waals surface area contributed by atoms with E-state index in [0.717, 1.165) is 0 Å². The molecule has 0 radical (unpaired) electrons. The summed E-state index contributed by atoms with van der Waals surface area (Å²) in [6, 6.07) is 5.42. The maximum atomic E-state index is 11.7. The maximum Gasteiger partial charge on any atom is 0.239 e. The number of likely N-dealkylation sites (N-methyl/N-ethyl adjacent to an activating group) is 1. The SMILES string of the molecule is CC(C)CNC(=O)CN(C)c1cccc(NN)n1. The Bertz CT molecular complexity index is 394. The molecule has 0 saturated carbocycles. The zero-order valence-corrected chi connectivity index (χ0v) is 11.1. The van der Waals surface area contributed by atoms with E-state index in [1.54, 1.807) is 11.0 Å². The van der Waals surface area contributed by atoms with Gasteiger partial charge in [-0.3, -0.25) is 4.79 Å². The highest BCUT2D eigenvalue weighted by atomic mass is 16.2. The molecule has 1 heterocycles. The monoisotopic (exact) mass is 251 g/mol. The Morgan fingerprint density at radius 3 is 2.83 bits per heavy atom. The van der Waals surface area contributed by atoms with Crippen molar-refractivity contribution < 1.29 is 4.79 Å². The molecule has 0 unspecified atom stereocenters. The first-order valence-electron chi connectivity index (χ1n) is 5.94. The van der Waals surface area contributed by atoms with Crippen molar-refractivity contribution in [2.45, 2.75) is 13.8 Å². The first-order valence-corrected chi connectivity index (χ1v) is 5.94. The standard InChI is InChI=1S/C12H21N5O/c1-9(2)7-14-12(18)8-17(3)11-6-4-5-10(15-11)16-13/h4-6,9H,7-8,13H2,1-3H3,(H,14,18)(H,15,16). The first-order chi connectivity index (χ1) is 8.52. The van der Waals surface area contributed by atoms with Gasteiger partial charge >= 0.3 is 0 Å². The minimum Gasteiger partial charge on any atom is -0.354 e.